The molecule has 0 nitrogen and oxygen atoms in total. The second-order valence-corrected chi connectivity index (χ2v) is 11.6. The summed E-state index contributed by atoms with van der Waals surface area (Å²) in [6.45, 7) is 9.17. The molecule has 0 heterocycles. The molecule has 0 fully saturated rings. The largest absolute Gasteiger partial charge is 0.0651 e. The van der Waals surface area contributed by atoms with Crippen molar-refractivity contribution in [3.8, 4) is 44.5 Å². The lowest BCUT2D eigenvalue weighted by atomic mass is 9.86. The molecule has 0 spiro atoms. The summed E-state index contributed by atoms with van der Waals surface area (Å²) in [5, 5.41) is 2.82. The van der Waals surface area contributed by atoms with E-state index in [1.165, 1.54) is 90.4 Å². The Bertz CT molecular complexity index is 1630. The SMILES string of the molecule is CCCc1cccc(CCC)c1-c1ccc2c(c1)-c1cccc3c(-c4c(CCC)cccc4CCC)ccc-2c13. The van der Waals surface area contributed by atoms with Gasteiger partial charge in [0.15, 0.2) is 0 Å². The third-order valence-corrected chi connectivity index (χ3v) is 8.75. The van der Waals surface area contributed by atoms with Gasteiger partial charge in [-0.3, -0.25) is 0 Å². The van der Waals surface area contributed by atoms with Gasteiger partial charge in [0.1, 0.15) is 0 Å². The average molecular weight is 523 g/mol. The molecule has 5 aromatic carbocycles. The molecule has 0 aromatic heterocycles. The third kappa shape index (κ3) is 4.48. The summed E-state index contributed by atoms with van der Waals surface area (Å²) in [5.74, 6) is 0. The van der Waals surface area contributed by atoms with E-state index in [1.54, 1.807) is 0 Å². The molecule has 5 aromatic rings. The molecule has 0 aliphatic heterocycles. The van der Waals surface area contributed by atoms with E-state index in [0.29, 0.717) is 0 Å². The van der Waals surface area contributed by atoms with Crippen LogP contribution in [0.25, 0.3) is 55.3 Å². The highest BCUT2D eigenvalue weighted by molar-refractivity contribution is 6.19. The molecule has 0 bridgehead atoms. The van der Waals surface area contributed by atoms with Gasteiger partial charge in [0.2, 0.25) is 0 Å². The first-order valence-corrected chi connectivity index (χ1v) is 15.6. The van der Waals surface area contributed by atoms with Crippen LogP contribution in [0.3, 0.4) is 0 Å². The number of hydrogen-bond donors (Lipinski definition) is 0. The summed E-state index contributed by atoms with van der Waals surface area (Å²) >= 11 is 0. The van der Waals surface area contributed by atoms with Crippen molar-refractivity contribution in [3.05, 3.63) is 107 Å². The fourth-order valence-electron chi connectivity index (χ4n) is 7.17. The van der Waals surface area contributed by atoms with Crippen LogP contribution in [-0.4, -0.2) is 0 Å². The molecular weight excluding hydrogens is 480 g/mol. The van der Waals surface area contributed by atoms with Crippen LogP contribution in [0.4, 0.5) is 0 Å². The van der Waals surface area contributed by atoms with Crippen LogP contribution in [0.15, 0.2) is 84.9 Å². The predicted molar refractivity (Wildman–Crippen MR) is 175 cm³/mol. The van der Waals surface area contributed by atoms with Crippen LogP contribution in [0, 0.1) is 0 Å². The molecule has 202 valence electrons. The Morgan fingerprint density at radius 1 is 0.400 bits per heavy atom. The van der Waals surface area contributed by atoms with Crippen molar-refractivity contribution in [1.82, 2.24) is 0 Å². The fourth-order valence-corrected chi connectivity index (χ4v) is 7.17. The first kappa shape index (κ1) is 26.6. The molecule has 0 N–H and O–H groups in total. The van der Waals surface area contributed by atoms with E-state index in [0.717, 1.165) is 38.5 Å². The highest BCUT2D eigenvalue weighted by atomic mass is 14.3. The molecule has 0 saturated carbocycles. The van der Waals surface area contributed by atoms with Crippen molar-refractivity contribution < 1.29 is 0 Å². The lowest BCUT2D eigenvalue weighted by molar-refractivity contribution is 0.898. The maximum absolute atomic E-state index is 2.49. The maximum atomic E-state index is 2.49. The molecule has 0 heteroatoms. The van der Waals surface area contributed by atoms with Gasteiger partial charge >= 0.3 is 0 Å². The van der Waals surface area contributed by atoms with Crippen LogP contribution in [0.5, 0.6) is 0 Å². The Hall–Kier alpha value is -3.64. The van der Waals surface area contributed by atoms with Crippen molar-refractivity contribution in [2.45, 2.75) is 79.1 Å². The molecule has 0 amide bonds. The van der Waals surface area contributed by atoms with Gasteiger partial charge in [0, 0.05) is 0 Å². The summed E-state index contributed by atoms with van der Waals surface area (Å²) in [5.41, 5.74) is 17.2. The van der Waals surface area contributed by atoms with Crippen molar-refractivity contribution in [1.29, 1.82) is 0 Å². The van der Waals surface area contributed by atoms with Crippen molar-refractivity contribution in [2.24, 2.45) is 0 Å². The van der Waals surface area contributed by atoms with Gasteiger partial charge in [-0.15, -0.1) is 0 Å². The summed E-state index contributed by atoms with van der Waals surface area (Å²) in [7, 11) is 0. The van der Waals surface area contributed by atoms with E-state index in [1.807, 2.05) is 0 Å². The Labute approximate surface area is 241 Å². The van der Waals surface area contributed by atoms with Crippen LogP contribution in [0.2, 0.25) is 0 Å². The molecule has 0 atom stereocenters. The molecule has 40 heavy (non-hydrogen) atoms. The number of aryl methyl sites for hydroxylation is 4. The van der Waals surface area contributed by atoms with E-state index >= 15 is 0 Å². The minimum Gasteiger partial charge on any atom is -0.0651 e. The number of rotatable bonds is 10. The van der Waals surface area contributed by atoms with E-state index in [-0.39, 0.29) is 0 Å². The third-order valence-electron chi connectivity index (χ3n) is 8.75. The van der Waals surface area contributed by atoms with Crippen molar-refractivity contribution >= 4 is 10.8 Å². The zero-order chi connectivity index (χ0) is 27.6. The van der Waals surface area contributed by atoms with Gasteiger partial charge in [0.05, 0.1) is 0 Å². The van der Waals surface area contributed by atoms with E-state index in [9.17, 15) is 0 Å². The van der Waals surface area contributed by atoms with Gasteiger partial charge in [-0.2, -0.15) is 0 Å². The normalized spacial score (nSPS) is 11.8. The Morgan fingerprint density at radius 3 is 1.45 bits per heavy atom. The number of hydrogen-bond acceptors (Lipinski definition) is 0. The second kappa shape index (κ2) is 11.5. The minimum atomic E-state index is 1.12. The van der Waals surface area contributed by atoms with Gasteiger partial charge < -0.3 is 0 Å². The fraction of sp³-hybridized carbons (Fsp3) is 0.300. The molecular formula is C40H42. The zero-order valence-corrected chi connectivity index (χ0v) is 24.7. The smallest absolute Gasteiger partial charge is 0.00201 e. The maximum Gasteiger partial charge on any atom is -0.00201 e. The lowest BCUT2D eigenvalue weighted by Gasteiger charge is -2.17. The highest BCUT2D eigenvalue weighted by Crippen LogP contribution is 2.51. The Morgan fingerprint density at radius 2 is 0.875 bits per heavy atom. The average Bonchev–Trinajstić information content (AvgIpc) is 3.29. The standard InChI is InChI=1S/C40H42/c1-5-12-27-16-9-17-28(13-6-2)38(27)31-22-23-32-35-24-25-36(33-20-11-21-34(40(33)35)37(32)26-31)39-29(14-7-3)18-10-19-30(39)15-8-4/h9-11,16-26H,5-8,12-15H2,1-4H3. The van der Waals surface area contributed by atoms with Gasteiger partial charge in [-0.05, 0) is 109 Å². The van der Waals surface area contributed by atoms with Crippen LogP contribution in [0.1, 0.15) is 75.6 Å². The molecule has 6 rings (SSSR count). The van der Waals surface area contributed by atoms with Crippen LogP contribution in [-0.2, 0) is 25.7 Å². The van der Waals surface area contributed by atoms with Gasteiger partial charge in [0.25, 0.3) is 0 Å². The monoisotopic (exact) mass is 522 g/mol. The highest BCUT2D eigenvalue weighted by Gasteiger charge is 2.25. The van der Waals surface area contributed by atoms with Gasteiger partial charge in [-0.25, -0.2) is 0 Å². The van der Waals surface area contributed by atoms with E-state index in [4.69, 9.17) is 0 Å². The lowest BCUT2D eigenvalue weighted by Crippen LogP contribution is -1.97. The number of fused-ring (bicyclic) bond motifs is 3. The minimum absolute atomic E-state index is 1.12. The first-order chi connectivity index (χ1) is 19.7. The number of benzene rings is 5. The summed E-state index contributed by atoms with van der Waals surface area (Å²) in [6.07, 6.45) is 9.16. The summed E-state index contributed by atoms with van der Waals surface area (Å²) in [6, 6.07) is 33.0. The zero-order valence-electron chi connectivity index (χ0n) is 24.7. The van der Waals surface area contributed by atoms with E-state index in [2.05, 4.69) is 113 Å². The topological polar surface area (TPSA) is 0 Å². The van der Waals surface area contributed by atoms with Gasteiger partial charge in [-0.1, -0.05) is 132 Å². The van der Waals surface area contributed by atoms with Crippen molar-refractivity contribution in [3.63, 3.8) is 0 Å². The quantitative estimate of drug-likeness (QED) is 0.168. The Balaban J connectivity index is 1.55. The molecule has 1 aliphatic carbocycles. The summed E-state index contributed by atoms with van der Waals surface area (Å²) in [4.78, 5) is 0. The van der Waals surface area contributed by atoms with Crippen molar-refractivity contribution in [2.75, 3.05) is 0 Å². The first-order valence-electron chi connectivity index (χ1n) is 15.6. The molecule has 0 radical (unpaired) electrons. The molecule has 1 aliphatic rings. The molecule has 0 saturated heterocycles. The molecule has 0 unspecified atom stereocenters. The summed E-state index contributed by atoms with van der Waals surface area (Å²) < 4.78 is 0. The van der Waals surface area contributed by atoms with E-state index < -0.39 is 0 Å². The second-order valence-electron chi connectivity index (χ2n) is 11.6. The Kier molecular flexibility index (Phi) is 7.61. The van der Waals surface area contributed by atoms with Crippen LogP contribution >= 0.6 is 0 Å². The predicted octanol–water partition coefficient (Wildman–Crippen LogP) is 11.6. The van der Waals surface area contributed by atoms with Crippen LogP contribution < -0.4 is 0 Å².